The van der Waals surface area contributed by atoms with E-state index < -0.39 is 0 Å². The number of hydrogen-bond acceptors (Lipinski definition) is 3. The number of anilines is 1. The van der Waals surface area contributed by atoms with Gasteiger partial charge >= 0.3 is 0 Å². The van der Waals surface area contributed by atoms with E-state index in [0.717, 1.165) is 15.4 Å². The van der Waals surface area contributed by atoms with Crippen LogP contribution in [0.15, 0.2) is 59.2 Å². The van der Waals surface area contributed by atoms with Crippen LogP contribution in [0.25, 0.3) is 22.2 Å². The molecule has 0 fully saturated rings. The van der Waals surface area contributed by atoms with E-state index in [0.29, 0.717) is 32.6 Å². The summed E-state index contributed by atoms with van der Waals surface area (Å²) < 4.78 is 0.909. The van der Waals surface area contributed by atoms with Crippen molar-refractivity contribution in [1.82, 2.24) is 15.2 Å². The minimum atomic E-state index is -0.317. The zero-order valence-electron chi connectivity index (χ0n) is 13.6. The second-order valence-electron chi connectivity index (χ2n) is 5.74. The molecule has 0 aliphatic heterocycles. The molecule has 0 saturated carbocycles. The molecular formula is C19H11BrCl2N4O. The number of H-pyrrole nitrogens is 1. The number of aromatic nitrogens is 3. The highest BCUT2D eigenvalue weighted by Crippen LogP contribution is 2.30. The fourth-order valence-corrected chi connectivity index (χ4v) is 3.42. The van der Waals surface area contributed by atoms with Crippen molar-refractivity contribution in [2.24, 2.45) is 0 Å². The Kier molecular flexibility index (Phi) is 4.86. The minimum absolute atomic E-state index is 0.317. The zero-order chi connectivity index (χ0) is 19.0. The number of benzene rings is 2. The van der Waals surface area contributed by atoms with Crippen molar-refractivity contribution >= 4 is 61.6 Å². The highest BCUT2D eigenvalue weighted by atomic mass is 79.9. The number of aromatic amines is 1. The largest absolute Gasteiger partial charge is 0.319 e. The minimum Gasteiger partial charge on any atom is -0.319 e. The van der Waals surface area contributed by atoms with Crippen LogP contribution in [-0.2, 0) is 0 Å². The number of hydrogen-bond donors (Lipinski definition) is 2. The number of carbonyl (C=O) groups excluding carboxylic acids is 1. The Morgan fingerprint density at radius 1 is 1.07 bits per heavy atom. The standard InChI is InChI=1S/C19H11BrCl2N4O/c20-12-4-6-15(18-11(12)2-1-7-23-18)24-19(27)17-9-16(25-26-17)10-3-5-13(21)14(22)8-10/h1-9H,(H,24,27)(H,25,26). The van der Waals surface area contributed by atoms with E-state index in [-0.39, 0.29) is 5.91 Å². The first kappa shape index (κ1) is 18.0. The Labute approximate surface area is 172 Å². The van der Waals surface area contributed by atoms with Gasteiger partial charge in [-0.1, -0.05) is 51.3 Å². The molecule has 0 spiro atoms. The first-order valence-electron chi connectivity index (χ1n) is 7.88. The topological polar surface area (TPSA) is 70.7 Å². The highest BCUT2D eigenvalue weighted by Gasteiger charge is 2.14. The van der Waals surface area contributed by atoms with Gasteiger partial charge in [0.15, 0.2) is 0 Å². The van der Waals surface area contributed by atoms with Gasteiger partial charge in [0.05, 0.1) is 26.9 Å². The molecule has 0 atom stereocenters. The van der Waals surface area contributed by atoms with Crippen molar-refractivity contribution in [2.45, 2.75) is 0 Å². The van der Waals surface area contributed by atoms with Crippen LogP contribution >= 0.6 is 39.1 Å². The summed E-state index contributed by atoms with van der Waals surface area (Å²) in [7, 11) is 0. The van der Waals surface area contributed by atoms with Gasteiger partial charge < -0.3 is 5.32 Å². The molecule has 4 aromatic rings. The fourth-order valence-electron chi connectivity index (χ4n) is 2.67. The van der Waals surface area contributed by atoms with Gasteiger partial charge in [0.1, 0.15) is 5.69 Å². The van der Waals surface area contributed by atoms with Gasteiger partial charge in [-0.15, -0.1) is 0 Å². The molecule has 0 radical (unpaired) electrons. The van der Waals surface area contributed by atoms with E-state index in [4.69, 9.17) is 23.2 Å². The number of rotatable bonds is 3. The molecule has 2 aromatic carbocycles. The average molecular weight is 462 g/mol. The Balaban J connectivity index is 1.62. The number of halogens is 3. The van der Waals surface area contributed by atoms with Gasteiger partial charge in [-0.05, 0) is 36.4 Å². The molecule has 0 aliphatic carbocycles. The highest BCUT2D eigenvalue weighted by molar-refractivity contribution is 9.10. The average Bonchev–Trinajstić information content (AvgIpc) is 3.17. The third kappa shape index (κ3) is 3.56. The van der Waals surface area contributed by atoms with E-state index in [1.165, 1.54) is 0 Å². The maximum absolute atomic E-state index is 12.6. The van der Waals surface area contributed by atoms with Gasteiger partial charge in [0.25, 0.3) is 5.91 Å². The molecular weight excluding hydrogens is 451 g/mol. The quantitative estimate of drug-likeness (QED) is 0.396. The van der Waals surface area contributed by atoms with Crippen LogP contribution in [0.3, 0.4) is 0 Å². The van der Waals surface area contributed by atoms with E-state index in [9.17, 15) is 4.79 Å². The lowest BCUT2D eigenvalue weighted by atomic mass is 10.1. The normalized spacial score (nSPS) is 10.9. The lowest BCUT2D eigenvalue weighted by Gasteiger charge is -2.08. The molecule has 2 N–H and O–H groups in total. The van der Waals surface area contributed by atoms with Crippen LogP contribution in [0.2, 0.25) is 10.0 Å². The SMILES string of the molecule is O=C(Nc1ccc(Br)c2cccnc12)c1cc(-c2ccc(Cl)c(Cl)c2)n[nH]1. The van der Waals surface area contributed by atoms with Crippen molar-refractivity contribution < 1.29 is 4.79 Å². The molecule has 0 unspecified atom stereocenters. The second-order valence-corrected chi connectivity index (χ2v) is 7.41. The van der Waals surface area contributed by atoms with Gasteiger partial charge in [0.2, 0.25) is 0 Å². The Morgan fingerprint density at radius 3 is 2.74 bits per heavy atom. The van der Waals surface area contributed by atoms with E-state index >= 15 is 0 Å². The first-order chi connectivity index (χ1) is 13.0. The molecule has 27 heavy (non-hydrogen) atoms. The second kappa shape index (κ2) is 7.31. The number of pyridine rings is 1. The Bertz CT molecular complexity index is 1180. The third-order valence-corrected chi connectivity index (χ3v) is 5.43. The maximum atomic E-state index is 12.6. The molecule has 2 aromatic heterocycles. The van der Waals surface area contributed by atoms with Crippen LogP contribution in [-0.4, -0.2) is 21.1 Å². The lowest BCUT2D eigenvalue weighted by molar-refractivity contribution is 0.102. The predicted octanol–water partition coefficient (Wildman–Crippen LogP) is 5.95. The van der Waals surface area contributed by atoms with Gasteiger partial charge in [-0.2, -0.15) is 5.10 Å². The molecule has 4 rings (SSSR count). The van der Waals surface area contributed by atoms with Gasteiger partial charge in [-0.3, -0.25) is 14.9 Å². The van der Waals surface area contributed by atoms with Crippen molar-refractivity contribution in [1.29, 1.82) is 0 Å². The summed E-state index contributed by atoms with van der Waals surface area (Å²) in [5.41, 5.74) is 2.99. The number of nitrogens with one attached hydrogen (secondary N) is 2. The molecule has 134 valence electrons. The molecule has 2 heterocycles. The van der Waals surface area contributed by atoms with E-state index in [1.54, 1.807) is 36.5 Å². The molecule has 8 heteroatoms. The Morgan fingerprint density at radius 2 is 1.93 bits per heavy atom. The summed E-state index contributed by atoms with van der Waals surface area (Å²) in [5, 5.41) is 11.6. The van der Waals surface area contributed by atoms with Crippen LogP contribution < -0.4 is 5.32 Å². The first-order valence-corrected chi connectivity index (χ1v) is 9.43. The zero-order valence-corrected chi connectivity index (χ0v) is 16.7. The smallest absolute Gasteiger partial charge is 0.273 e. The van der Waals surface area contributed by atoms with Crippen molar-refractivity contribution in [2.75, 3.05) is 5.32 Å². The van der Waals surface area contributed by atoms with Crippen LogP contribution in [0.1, 0.15) is 10.5 Å². The fraction of sp³-hybridized carbons (Fsp3) is 0. The summed E-state index contributed by atoms with van der Waals surface area (Å²) in [5.74, 6) is -0.317. The van der Waals surface area contributed by atoms with Crippen molar-refractivity contribution in [3.63, 3.8) is 0 Å². The molecule has 5 nitrogen and oxygen atoms in total. The van der Waals surface area contributed by atoms with Crippen LogP contribution in [0.5, 0.6) is 0 Å². The monoisotopic (exact) mass is 460 g/mol. The number of amides is 1. The number of carbonyl (C=O) groups is 1. The van der Waals surface area contributed by atoms with Crippen LogP contribution in [0, 0.1) is 0 Å². The summed E-state index contributed by atoms with van der Waals surface area (Å²) in [6, 6.07) is 14.3. The lowest BCUT2D eigenvalue weighted by Crippen LogP contribution is -2.12. The van der Waals surface area contributed by atoms with E-state index in [1.807, 2.05) is 18.2 Å². The number of fused-ring (bicyclic) bond motifs is 1. The maximum Gasteiger partial charge on any atom is 0.273 e. The predicted molar refractivity (Wildman–Crippen MR) is 111 cm³/mol. The van der Waals surface area contributed by atoms with Crippen molar-refractivity contribution in [3.8, 4) is 11.3 Å². The molecule has 0 aliphatic rings. The summed E-state index contributed by atoms with van der Waals surface area (Å²) in [6.07, 6.45) is 1.68. The number of nitrogens with zero attached hydrogens (tertiary/aromatic N) is 2. The molecule has 0 saturated heterocycles. The summed E-state index contributed by atoms with van der Waals surface area (Å²) >= 11 is 15.5. The molecule has 0 bridgehead atoms. The molecule has 1 amide bonds. The Hall–Kier alpha value is -2.41. The van der Waals surface area contributed by atoms with Crippen LogP contribution in [0.4, 0.5) is 5.69 Å². The van der Waals surface area contributed by atoms with Gasteiger partial charge in [-0.25, -0.2) is 0 Å². The summed E-state index contributed by atoms with van der Waals surface area (Å²) in [4.78, 5) is 17.0. The van der Waals surface area contributed by atoms with Crippen molar-refractivity contribution in [3.05, 3.63) is 74.9 Å². The summed E-state index contributed by atoms with van der Waals surface area (Å²) in [6.45, 7) is 0. The third-order valence-electron chi connectivity index (χ3n) is 4.00. The van der Waals surface area contributed by atoms with E-state index in [2.05, 4.69) is 36.4 Å². The van der Waals surface area contributed by atoms with Gasteiger partial charge in [0, 0.05) is 21.6 Å².